The van der Waals surface area contributed by atoms with Gasteiger partial charge in [-0.25, -0.2) is 28.1 Å². The van der Waals surface area contributed by atoms with Crippen molar-refractivity contribution in [1.29, 1.82) is 0 Å². The smallest absolute Gasteiger partial charge is 0.270 e. The highest BCUT2D eigenvalue weighted by molar-refractivity contribution is 6.04. The summed E-state index contributed by atoms with van der Waals surface area (Å²) in [6.45, 7) is 0. The molecule has 190 valence electrons. The molecular formula is C25H17F3N7O3+. The summed E-state index contributed by atoms with van der Waals surface area (Å²) in [6, 6.07) is 6.39. The van der Waals surface area contributed by atoms with Crippen LogP contribution in [0.25, 0.3) is 16.8 Å². The highest BCUT2D eigenvalue weighted by Gasteiger charge is 2.20. The number of benzene rings is 2. The fraction of sp³-hybridized carbons (Fsp3) is 0.0400. The molecule has 0 aliphatic rings. The Labute approximate surface area is 212 Å². The summed E-state index contributed by atoms with van der Waals surface area (Å²) >= 11 is 0. The molecule has 0 saturated heterocycles. The minimum absolute atomic E-state index is 0.0219. The van der Waals surface area contributed by atoms with Gasteiger partial charge in [0.05, 0.1) is 28.7 Å². The zero-order chi connectivity index (χ0) is 26.8. The number of nitrogens with one attached hydrogen (secondary N) is 2. The fourth-order valence-electron chi connectivity index (χ4n) is 3.55. The van der Waals surface area contributed by atoms with E-state index in [1.54, 1.807) is 24.1 Å². The molecule has 2 aromatic carbocycles. The number of H-pyrrole nitrogens is 1. The molecule has 0 aliphatic carbocycles. The largest absolute Gasteiger partial charge is 0.435 e. The highest BCUT2D eigenvalue weighted by atomic mass is 19.1. The number of aromatic amines is 1. The lowest BCUT2D eigenvalue weighted by atomic mass is 10.2. The van der Waals surface area contributed by atoms with Gasteiger partial charge in [-0.05, 0) is 24.3 Å². The fourth-order valence-corrected chi connectivity index (χ4v) is 3.55. The van der Waals surface area contributed by atoms with Crippen molar-refractivity contribution in [2.45, 2.75) is 0 Å². The molecule has 0 saturated carbocycles. The van der Waals surface area contributed by atoms with Crippen LogP contribution in [0.15, 0.2) is 78.6 Å². The van der Waals surface area contributed by atoms with Crippen molar-refractivity contribution in [2.75, 3.05) is 5.32 Å². The van der Waals surface area contributed by atoms with Crippen LogP contribution in [0.2, 0.25) is 0 Å². The van der Waals surface area contributed by atoms with Crippen molar-refractivity contribution < 1.29 is 27.4 Å². The van der Waals surface area contributed by atoms with Crippen LogP contribution in [0.4, 0.5) is 18.9 Å². The molecule has 0 radical (unpaired) electrons. The van der Waals surface area contributed by atoms with E-state index in [0.717, 1.165) is 35.3 Å². The summed E-state index contributed by atoms with van der Waals surface area (Å²) in [4.78, 5) is 37.4. The number of halogens is 3. The van der Waals surface area contributed by atoms with Crippen LogP contribution in [0.5, 0.6) is 11.6 Å². The molecule has 0 unspecified atom stereocenters. The number of ether oxygens (including phenoxy) is 1. The van der Waals surface area contributed by atoms with Crippen molar-refractivity contribution >= 4 is 11.6 Å². The van der Waals surface area contributed by atoms with E-state index in [0.29, 0.717) is 17.2 Å². The van der Waals surface area contributed by atoms with Gasteiger partial charge in [0, 0.05) is 24.5 Å². The van der Waals surface area contributed by atoms with Gasteiger partial charge in [-0.2, -0.15) is 5.10 Å². The molecule has 38 heavy (non-hydrogen) atoms. The summed E-state index contributed by atoms with van der Waals surface area (Å²) in [5.74, 6) is -4.07. The number of nitrogens with zero attached hydrogens (tertiary/aromatic N) is 5. The van der Waals surface area contributed by atoms with E-state index < -0.39 is 45.9 Å². The molecule has 2 N–H and O–H groups in total. The number of aryl methyl sites for hydroxylation is 1. The second-order valence-electron chi connectivity index (χ2n) is 7.99. The minimum atomic E-state index is -1.03. The lowest BCUT2D eigenvalue weighted by Gasteiger charge is -2.12. The van der Waals surface area contributed by atoms with Gasteiger partial charge < -0.3 is 10.1 Å². The van der Waals surface area contributed by atoms with E-state index in [1.165, 1.54) is 24.7 Å². The number of rotatable bonds is 6. The van der Waals surface area contributed by atoms with Gasteiger partial charge in [-0.15, -0.1) is 4.68 Å². The summed E-state index contributed by atoms with van der Waals surface area (Å²) in [7, 11) is 1.76. The van der Waals surface area contributed by atoms with Gasteiger partial charge in [0.15, 0.2) is 24.4 Å². The molecule has 3 aromatic heterocycles. The SMILES string of the molecule is C[n+]1cc(-c2cncnc2Oc2cc(F)c(NC(=O)c3cncn(-c4ccc(F)cc4)c3=O)cc2F)c[nH]1. The van der Waals surface area contributed by atoms with Crippen molar-refractivity contribution in [3.05, 3.63) is 107 Å². The Balaban J connectivity index is 1.40. The van der Waals surface area contributed by atoms with Crippen LogP contribution in [0, 0.1) is 17.5 Å². The first-order chi connectivity index (χ1) is 18.3. The van der Waals surface area contributed by atoms with E-state index in [4.69, 9.17) is 4.74 Å². The second-order valence-corrected chi connectivity index (χ2v) is 7.99. The predicted octanol–water partition coefficient (Wildman–Crippen LogP) is 3.30. The standard InChI is InChI=1S/C25H16F3N7O3/c1-34-11-14(8-32-34)17-9-29-12-31-24(17)38-22-7-19(27)21(6-20(22)28)33-23(36)18-10-30-13-35(25(18)37)16-4-2-15(26)3-5-16/h2-13H,1H3,(H,33,36)/p+1. The summed E-state index contributed by atoms with van der Waals surface area (Å²) in [6.07, 6.45) is 8.17. The maximum Gasteiger partial charge on any atom is 0.270 e. The lowest BCUT2D eigenvalue weighted by Crippen LogP contribution is -2.28. The van der Waals surface area contributed by atoms with Crippen LogP contribution < -0.4 is 20.3 Å². The molecule has 5 aromatic rings. The van der Waals surface area contributed by atoms with Crippen LogP contribution in [0.1, 0.15) is 10.4 Å². The van der Waals surface area contributed by atoms with Crippen LogP contribution in [-0.2, 0) is 7.05 Å². The molecule has 13 heteroatoms. The zero-order valence-corrected chi connectivity index (χ0v) is 19.5. The molecular weight excluding hydrogens is 503 g/mol. The van der Waals surface area contributed by atoms with Crippen LogP contribution in [-0.4, -0.2) is 30.5 Å². The molecule has 3 heterocycles. The van der Waals surface area contributed by atoms with E-state index in [1.807, 2.05) is 0 Å². The maximum atomic E-state index is 14.9. The average molecular weight is 520 g/mol. The monoisotopic (exact) mass is 520 g/mol. The highest BCUT2D eigenvalue weighted by Crippen LogP contribution is 2.33. The van der Waals surface area contributed by atoms with Gasteiger partial charge in [0.1, 0.15) is 24.0 Å². The first-order valence-corrected chi connectivity index (χ1v) is 11.0. The summed E-state index contributed by atoms with van der Waals surface area (Å²) < 4.78 is 51.2. The van der Waals surface area contributed by atoms with E-state index in [2.05, 4.69) is 25.4 Å². The number of hydrogen-bond donors (Lipinski definition) is 2. The van der Waals surface area contributed by atoms with Gasteiger partial charge in [-0.1, -0.05) is 0 Å². The van der Waals surface area contributed by atoms with Gasteiger partial charge in [-0.3, -0.25) is 14.2 Å². The van der Waals surface area contributed by atoms with Gasteiger partial charge in [0.25, 0.3) is 11.5 Å². The van der Waals surface area contributed by atoms with Crippen molar-refractivity contribution in [1.82, 2.24) is 24.6 Å². The number of amides is 1. The van der Waals surface area contributed by atoms with Crippen molar-refractivity contribution in [3.63, 3.8) is 0 Å². The Morgan fingerprint density at radius 3 is 2.61 bits per heavy atom. The zero-order valence-electron chi connectivity index (χ0n) is 19.5. The molecule has 0 aliphatic heterocycles. The van der Waals surface area contributed by atoms with Crippen LogP contribution in [0.3, 0.4) is 0 Å². The number of anilines is 1. The molecule has 0 bridgehead atoms. The molecule has 5 rings (SSSR count). The topological polar surface area (TPSA) is 119 Å². The third-order valence-electron chi connectivity index (χ3n) is 5.40. The second kappa shape index (κ2) is 9.97. The Hall–Kier alpha value is -5.33. The van der Waals surface area contributed by atoms with Gasteiger partial charge >= 0.3 is 0 Å². The minimum Gasteiger partial charge on any atom is -0.435 e. The number of carbonyl (C=O) groups is 1. The van der Waals surface area contributed by atoms with E-state index in [9.17, 15) is 22.8 Å². The number of aromatic nitrogens is 6. The molecule has 1 amide bonds. The van der Waals surface area contributed by atoms with E-state index >= 15 is 0 Å². The van der Waals surface area contributed by atoms with Crippen molar-refractivity contribution in [3.8, 4) is 28.4 Å². The third-order valence-corrected chi connectivity index (χ3v) is 5.40. The third kappa shape index (κ3) is 4.84. The Morgan fingerprint density at radius 2 is 1.87 bits per heavy atom. The van der Waals surface area contributed by atoms with Gasteiger partial charge in [0.2, 0.25) is 12.1 Å². The quantitative estimate of drug-likeness (QED) is 0.332. The summed E-state index contributed by atoms with van der Waals surface area (Å²) in [5, 5.41) is 5.10. The molecule has 0 spiro atoms. The Kier molecular flexibility index (Phi) is 6.39. The molecule has 10 nitrogen and oxygen atoms in total. The number of hydrogen-bond acceptors (Lipinski definition) is 6. The normalized spacial score (nSPS) is 10.8. The average Bonchev–Trinajstić information content (AvgIpc) is 3.34. The molecule has 0 fully saturated rings. The Morgan fingerprint density at radius 1 is 1.08 bits per heavy atom. The molecule has 0 atom stereocenters. The Bertz CT molecular complexity index is 1720. The van der Waals surface area contributed by atoms with E-state index in [-0.39, 0.29) is 11.6 Å². The van der Waals surface area contributed by atoms with Crippen molar-refractivity contribution in [2.24, 2.45) is 7.05 Å². The maximum absolute atomic E-state index is 14.9. The first-order valence-electron chi connectivity index (χ1n) is 11.0. The number of carbonyl (C=O) groups excluding carboxylic acids is 1. The predicted molar refractivity (Wildman–Crippen MR) is 127 cm³/mol. The van der Waals surface area contributed by atoms with Crippen LogP contribution >= 0.6 is 0 Å². The lowest BCUT2D eigenvalue weighted by molar-refractivity contribution is -0.726. The first kappa shape index (κ1) is 24.4. The summed E-state index contributed by atoms with van der Waals surface area (Å²) in [5.41, 5.74) is -0.431.